The van der Waals surface area contributed by atoms with Gasteiger partial charge in [-0.05, 0) is 5.56 Å². The van der Waals surface area contributed by atoms with Gasteiger partial charge in [-0.1, -0.05) is 76.7 Å². The third kappa shape index (κ3) is 2.96. The number of nitrogens with zero attached hydrogens (tertiary/aromatic N) is 2. The van der Waals surface area contributed by atoms with Gasteiger partial charge >= 0.3 is 0 Å². The molecule has 2 rings (SSSR count). The summed E-state index contributed by atoms with van der Waals surface area (Å²) in [6.45, 7) is 0. The third-order valence-corrected chi connectivity index (χ3v) is 3.77. The molecule has 0 N–H and O–H groups in total. The van der Waals surface area contributed by atoms with Gasteiger partial charge in [-0.25, -0.2) is 9.98 Å². The molecule has 0 fully saturated rings. The van der Waals surface area contributed by atoms with Gasteiger partial charge in [-0.2, -0.15) is 0 Å². The average Bonchev–Trinajstić information content (AvgIpc) is 2.40. The molecule has 0 spiro atoms. The Kier molecular flexibility index (Phi) is 4.46. The summed E-state index contributed by atoms with van der Waals surface area (Å²) in [6.07, 6.45) is 1.62. The minimum Gasteiger partial charge on any atom is -0.235 e. The van der Waals surface area contributed by atoms with Crippen LogP contribution in [-0.4, -0.2) is 11.2 Å². The topological polar surface area (TPSA) is 25.2 Å². The molecule has 0 unspecified atom stereocenters. The van der Waals surface area contributed by atoms with Gasteiger partial charge in [-0.3, -0.25) is 0 Å². The van der Waals surface area contributed by atoms with Crippen molar-refractivity contribution in [2.75, 3.05) is 0 Å². The van der Waals surface area contributed by atoms with Crippen molar-refractivity contribution in [2.24, 2.45) is 4.99 Å². The Labute approximate surface area is 124 Å². The SMILES string of the molecule is Clc1nc(N=Cc2ccccc2)c(Cl)c(Cl)c1Cl. The van der Waals surface area contributed by atoms with Gasteiger partial charge in [0.1, 0.15) is 5.02 Å². The van der Waals surface area contributed by atoms with E-state index in [1.165, 1.54) is 0 Å². The summed E-state index contributed by atoms with van der Waals surface area (Å²) in [5.74, 6) is 0.236. The maximum Gasteiger partial charge on any atom is 0.174 e. The normalized spacial score (nSPS) is 11.1. The fraction of sp³-hybridized carbons (Fsp3) is 0. The molecule has 2 aromatic rings. The molecular weight excluding hydrogens is 314 g/mol. The molecule has 1 aromatic heterocycles. The third-order valence-electron chi connectivity index (χ3n) is 2.10. The van der Waals surface area contributed by atoms with Gasteiger partial charge in [0.2, 0.25) is 0 Å². The molecule has 2 nitrogen and oxygen atoms in total. The van der Waals surface area contributed by atoms with Crippen molar-refractivity contribution in [2.45, 2.75) is 0 Å². The highest BCUT2D eigenvalue weighted by Crippen LogP contribution is 2.39. The summed E-state index contributed by atoms with van der Waals surface area (Å²) >= 11 is 23.5. The van der Waals surface area contributed by atoms with Gasteiger partial charge < -0.3 is 0 Å². The monoisotopic (exact) mass is 318 g/mol. The van der Waals surface area contributed by atoms with E-state index in [4.69, 9.17) is 46.4 Å². The van der Waals surface area contributed by atoms with Gasteiger partial charge in [0.05, 0.1) is 10.0 Å². The lowest BCUT2D eigenvalue weighted by molar-refractivity contribution is 1.28. The van der Waals surface area contributed by atoms with E-state index >= 15 is 0 Å². The second kappa shape index (κ2) is 5.89. The van der Waals surface area contributed by atoms with E-state index in [2.05, 4.69) is 9.98 Å². The predicted octanol–water partition coefficient (Wildman–Crippen LogP) is 5.45. The Hall–Kier alpha value is -0.800. The maximum atomic E-state index is 5.99. The minimum absolute atomic E-state index is 0.0753. The smallest absolute Gasteiger partial charge is 0.174 e. The zero-order valence-corrected chi connectivity index (χ0v) is 11.9. The molecule has 0 saturated carbocycles. The number of benzene rings is 1. The summed E-state index contributed by atoms with van der Waals surface area (Å²) in [5, 5.41) is 0.532. The van der Waals surface area contributed by atoms with E-state index in [0.29, 0.717) is 0 Å². The average molecular weight is 320 g/mol. The van der Waals surface area contributed by atoms with Gasteiger partial charge in [0.25, 0.3) is 0 Å². The highest BCUT2D eigenvalue weighted by Gasteiger charge is 2.13. The first-order chi connectivity index (χ1) is 8.59. The second-order valence-electron chi connectivity index (χ2n) is 3.34. The predicted molar refractivity (Wildman–Crippen MR) is 78.0 cm³/mol. The number of halogens is 4. The highest BCUT2D eigenvalue weighted by molar-refractivity contribution is 6.52. The molecule has 0 amide bonds. The van der Waals surface area contributed by atoms with E-state index in [0.717, 1.165) is 5.56 Å². The lowest BCUT2D eigenvalue weighted by Gasteiger charge is -2.03. The summed E-state index contributed by atoms with van der Waals surface area (Å²) in [4.78, 5) is 8.11. The number of hydrogen-bond acceptors (Lipinski definition) is 2. The largest absolute Gasteiger partial charge is 0.235 e. The summed E-state index contributed by atoms with van der Waals surface area (Å²) < 4.78 is 0. The fourth-order valence-corrected chi connectivity index (χ4v) is 2.00. The van der Waals surface area contributed by atoms with Crippen LogP contribution in [0.4, 0.5) is 5.82 Å². The van der Waals surface area contributed by atoms with Gasteiger partial charge in [-0.15, -0.1) is 0 Å². The fourth-order valence-electron chi connectivity index (χ4n) is 1.24. The van der Waals surface area contributed by atoms with Crippen LogP contribution in [-0.2, 0) is 0 Å². The zero-order chi connectivity index (χ0) is 13.1. The minimum atomic E-state index is 0.0753. The molecule has 0 aliphatic rings. The number of rotatable bonds is 2. The summed E-state index contributed by atoms with van der Waals surface area (Å²) in [7, 11) is 0. The van der Waals surface area contributed by atoms with Crippen LogP contribution in [0, 0.1) is 0 Å². The maximum absolute atomic E-state index is 5.99. The first-order valence-electron chi connectivity index (χ1n) is 4.88. The van der Waals surface area contributed by atoms with Crippen LogP contribution in [0.25, 0.3) is 0 Å². The molecular formula is C12H6Cl4N2. The Morgan fingerprint density at radius 2 is 1.56 bits per heavy atom. The molecule has 0 bridgehead atoms. The van der Waals surface area contributed by atoms with Crippen molar-refractivity contribution in [3.63, 3.8) is 0 Å². The Balaban J connectivity index is 2.39. The number of hydrogen-bond donors (Lipinski definition) is 0. The van der Waals surface area contributed by atoms with Crippen molar-refractivity contribution in [1.29, 1.82) is 0 Å². The Bertz CT molecular complexity index is 597. The van der Waals surface area contributed by atoms with E-state index < -0.39 is 0 Å². The molecule has 18 heavy (non-hydrogen) atoms. The van der Waals surface area contributed by atoms with Crippen molar-refractivity contribution in [3.05, 3.63) is 56.1 Å². The van der Waals surface area contributed by atoms with Crippen LogP contribution >= 0.6 is 46.4 Å². The summed E-state index contributed by atoms with van der Waals surface area (Å²) in [5.41, 5.74) is 0.914. The Morgan fingerprint density at radius 1 is 0.889 bits per heavy atom. The quantitative estimate of drug-likeness (QED) is 0.534. The van der Waals surface area contributed by atoms with Crippen molar-refractivity contribution < 1.29 is 0 Å². The lowest BCUT2D eigenvalue weighted by Crippen LogP contribution is -1.85. The first kappa shape index (κ1) is 13.6. The number of pyridine rings is 1. The molecule has 0 aliphatic carbocycles. The molecule has 92 valence electrons. The molecule has 0 aliphatic heterocycles. The second-order valence-corrected chi connectivity index (χ2v) is 4.83. The van der Waals surface area contributed by atoms with Crippen molar-refractivity contribution in [1.82, 2.24) is 4.98 Å². The molecule has 0 atom stereocenters. The van der Waals surface area contributed by atoms with Gasteiger partial charge in [0, 0.05) is 6.21 Å². The molecule has 1 aromatic carbocycles. The molecule has 0 saturated heterocycles. The van der Waals surface area contributed by atoms with E-state index in [1.807, 2.05) is 30.3 Å². The van der Waals surface area contributed by atoms with Crippen molar-refractivity contribution >= 4 is 58.4 Å². The van der Waals surface area contributed by atoms with Crippen LogP contribution < -0.4 is 0 Å². The van der Waals surface area contributed by atoms with Crippen LogP contribution in [0.2, 0.25) is 20.2 Å². The summed E-state index contributed by atoms with van der Waals surface area (Å²) in [6, 6.07) is 9.52. The van der Waals surface area contributed by atoms with Crippen molar-refractivity contribution in [3.8, 4) is 0 Å². The first-order valence-corrected chi connectivity index (χ1v) is 6.40. The number of aromatic nitrogens is 1. The number of aliphatic imine (C=N–C) groups is 1. The Morgan fingerprint density at radius 3 is 2.22 bits per heavy atom. The van der Waals surface area contributed by atoms with Crippen LogP contribution in [0.5, 0.6) is 0 Å². The van der Waals surface area contributed by atoms with E-state index in [1.54, 1.807) is 6.21 Å². The zero-order valence-electron chi connectivity index (χ0n) is 8.87. The van der Waals surface area contributed by atoms with Crippen LogP contribution in [0.1, 0.15) is 5.56 Å². The standard InChI is InChI=1S/C12H6Cl4N2/c13-8-9(14)11(16)18-12(10(8)15)17-6-7-4-2-1-3-5-7/h1-6H. The van der Waals surface area contributed by atoms with E-state index in [9.17, 15) is 0 Å². The highest BCUT2D eigenvalue weighted by atomic mass is 35.5. The van der Waals surface area contributed by atoms with E-state index in [-0.39, 0.29) is 26.0 Å². The molecule has 0 radical (unpaired) electrons. The van der Waals surface area contributed by atoms with Crippen LogP contribution in [0.3, 0.4) is 0 Å². The molecule has 1 heterocycles. The molecule has 6 heteroatoms. The lowest BCUT2D eigenvalue weighted by atomic mass is 10.2. The van der Waals surface area contributed by atoms with Crippen LogP contribution in [0.15, 0.2) is 35.3 Å². The van der Waals surface area contributed by atoms with Gasteiger partial charge in [0.15, 0.2) is 11.0 Å².